The van der Waals surface area contributed by atoms with Gasteiger partial charge in [0, 0.05) is 17.0 Å². The summed E-state index contributed by atoms with van der Waals surface area (Å²) in [6.07, 6.45) is 0.801. The van der Waals surface area contributed by atoms with Crippen LogP contribution in [0.4, 0.5) is 4.39 Å². The number of aromatic nitrogens is 3. The molecule has 1 amide bonds. The van der Waals surface area contributed by atoms with Crippen molar-refractivity contribution in [1.29, 1.82) is 0 Å². The topological polar surface area (TPSA) is 71.9 Å². The number of thioether (sulfide) groups is 1. The van der Waals surface area contributed by atoms with Crippen molar-refractivity contribution in [2.45, 2.75) is 17.9 Å². The summed E-state index contributed by atoms with van der Waals surface area (Å²) >= 11 is 6.89. The van der Waals surface area contributed by atoms with Crippen molar-refractivity contribution >= 4 is 29.9 Å². The Bertz CT molecular complexity index is 1000. The van der Waals surface area contributed by atoms with E-state index in [-0.39, 0.29) is 18.3 Å². The Balaban J connectivity index is 1.49. The number of H-pyrrole nitrogens is 1. The molecule has 1 heterocycles. The number of carbonyl (C=O) groups excluding carboxylic acids is 1. The molecule has 0 aliphatic rings. The first-order valence-corrected chi connectivity index (χ1v) is 10.4. The van der Waals surface area contributed by atoms with E-state index in [1.165, 1.54) is 12.1 Å². The molecule has 1 aromatic heterocycles. The van der Waals surface area contributed by atoms with E-state index in [2.05, 4.69) is 15.5 Å². The average molecular weight is 433 g/mol. The highest BCUT2D eigenvalue weighted by atomic mass is 32.2. The van der Waals surface area contributed by atoms with Crippen LogP contribution in [0.15, 0.2) is 53.4 Å². The van der Waals surface area contributed by atoms with E-state index in [1.54, 1.807) is 35.6 Å². The fourth-order valence-corrected chi connectivity index (χ4v) is 3.69. The Hall–Kier alpha value is -2.65. The predicted molar refractivity (Wildman–Crippen MR) is 114 cm³/mol. The monoisotopic (exact) mass is 432 g/mol. The van der Waals surface area contributed by atoms with Crippen molar-refractivity contribution in [2.75, 3.05) is 19.4 Å². The highest BCUT2D eigenvalue weighted by Crippen LogP contribution is 2.21. The molecule has 0 atom stereocenters. The third-order valence-corrected chi connectivity index (χ3v) is 5.54. The van der Waals surface area contributed by atoms with E-state index < -0.39 is 0 Å². The molecule has 0 bridgehead atoms. The number of nitrogens with zero attached hydrogens (tertiary/aromatic N) is 2. The van der Waals surface area contributed by atoms with Crippen molar-refractivity contribution in [1.82, 2.24) is 20.1 Å². The Kier molecular flexibility index (Phi) is 7.42. The molecule has 9 heteroatoms. The lowest BCUT2D eigenvalue weighted by Crippen LogP contribution is -2.29. The van der Waals surface area contributed by atoms with Gasteiger partial charge in [0.2, 0.25) is 5.91 Å². The minimum atomic E-state index is -0.242. The third kappa shape index (κ3) is 5.91. The number of rotatable bonds is 9. The first-order valence-electron chi connectivity index (χ1n) is 9.01. The SMILES string of the molecule is COc1ccc(-c2n[nH]c(=S)n2CC(=O)NCCCSc2ccc(F)cc2)cc1. The van der Waals surface area contributed by atoms with E-state index in [9.17, 15) is 9.18 Å². The summed E-state index contributed by atoms with van der Waals surface area (Å²) in [5, 5.41) is 9.88. The molecule has 0 spiro atoms. The Morgan fingerprint density at radius 2 is 1.97 bits per heavy atom. The maximum absolute atomic E-state index is 12.9. The van der Waals surface area contributed by atoms with Crippen LogP contribution in [-0.4, -0.2) is 40.1 Å². The van der Waals surface area contributed by atoms with Gasteiger partial charge in [-0.05, 0) is 72.9 Å². The number of amides is 1. The lowest BCUT2D eigenvalue weighted by Gasteiger charge is -2.09. The molecule has 0 radical (unpaired) electrons. The van der Waals surface area contributed by atoms with Gasteiger partial charge in [-0.3, -0.25) is 14.5 Å². The molecule has 6 nitrogen and oxygen atoms in total. The highest BCUT2D eigenvalue weighted by Gasteiger charge is 2.12. The lowest BCUT2D eigenvalue weighted by atomic mass is 10.2. The van der Waals surface area contributed by atoms with Gasteiger partial charge in [-0.25, -0.2) is 4.39 Å². The molecule has 0 fully saturated rings. The van der Waals surface area contributed by atoms with Gasteiger partial charge in [0.15, 0.2) is 10.6 Å². The smallest absolute Gasteiger partial charge is 0.240 e. The summed E-state index contributed by atoms with van der Waals surface area (Å²) in [5.41, 5.74) is 0.835. The molecular formula is C20H21FN4O2S2. The Morgan fingerprint density at radius 1 is 1.24 bits per heavy atom. The first-order chi connectivity index (χ1) is 14.1. The maximum Gasteiger partial charge on any atom is 0.240 e. The molecule has 0 saturated carbocycles. The zero-order chi connectivity index (χ0) is 20.6. The maximum atomic E-state index is 12.9. The summed E-state index contributed by atoms with van der Waals surface area (Å²) in [4.78, 5) is 13.3. The molecule has 0 saturated heterocycles. The molecule has 3 aromatic rings. The summed E-state index contributed by atoms with van der Waals surface area (Å²) in [6, 6.07) is 13.8. The molecule has 29 heavy (non-hydrogen) atoms. The van der Waals surface area contributed by atoms with E-state index >= 15 is 0 Å². The summed E-state index contributed by atoms with van der Waals surface area (Å²) < 4.78 is 20.1. The second kappa shape index (κ2) is 10.2. The predicted octanol–water partition coefficient (Wildman–Crippen LogP) is 4.05. The van der Waals surface area contributed by atoms with Crippen molar-refractivity contribution in [2.24, 2.45) is 0 Å². The minimum absolute atomic E-state index is 0.0851. The molecule has 152 valence electrons. The highest BCUT2D eigenvalue weighted by molar-refractivity contribution is 7.99. The number of ether oxygens (including phenoxy) is 1. The Labute approximate surface area is 177 Å². The average Bonchev–Trinajstić information content (AvgIpc) is 3.09. The quantitative estimate of drug-likeness (QED) is 0.303. The number of hydrogen-bond donors (Lipinski definition) is 2. The number of carbonyl (C=O) groups is 1. The zero-order valence-electron chi connectivity index (χ0n) is 15.9. The second-order valence-corrected chi connectivity index (χ2v) is 7.73. The molecule has 0 aliphatic carbocycles. The van der Waals surface area contributed by atoms with Gasteiger partial charge in [-0.1, -0.05) is 0 Å². The van der Waals surface area contributed by atoms with Gasteiger partial charge in [-0.15, -0.1) is 11.8 Å². The zero-order valence-corrected chi connectivity index (χ0v) is 17.5. The fraction of sp³-hybridized carbons (Fsp3) is 0.250. The summed E-state index contributed by atoms with van der Waals surface area (Å²) in [7, 11) is 1.60. The van der Waals surface area contributed by atoms with Gasteiger partial charge < -0.3 is 10.1 Å². The van der Waals surface area contributed by atoms with Crippen molar-refractivity contribution in [3.63, 3.8) is 0 Å². The first kappa shape index (κ1) is 21.1. The van der Waals surface area contributed by atoms with E-state index in [0.29, 0.717) is 17.1 Å². The van der Waals surface area contributed by atoms with Crippen LogP contribution in [0.2, 0.25) is 0 Å². The van der Waals surface area contributed by atoms with Crippen LogP contribution in [0.5, 0.6) is 5.75 Å². The van der Waals surface area contributed by atoms with Gasteiger partial charge in [0.05, 0.1) is 7.11 Å². The Morgan fingerprint density at radius 3 is 2.66 bits per heavy atom. The van der Waals surface area contributed by atoms with Crippen LogP contribution in [0.3, 0.4) is 0 Å². The number of benzene rings is 2. The number of nitrogens with one attached hydrogen (secondary N) is 2. The largest absolute Gasteiger partial charge is 0.497 e. The van der Waals surface area contributed by atoms with Crippen LogP contribution < -0.4 is 10.1 Å². The van der Waals surface area contributed by atoms with Crippen LogP contribution in [0.1, 0.15) is 6.42 Å². The van der Waals surface area contributed by atoms with Gasteiger partial charge in [0.1, 0.15) is 18.1 Å². The van der Waals surface area contributed by atoms with Gasteiger partial charge in [0.25, 0.3) is 0 Å². The molecular weight excluding hydrogens is 411 g/mol. The fourth-order valence-electron chi connectivity index (χ4n) is 2.65. The standard InChI is InChI=1S/C20H21FN4O2S2/c1-27-16-7-3-14(4-8-16)19-23-24-20(28)25(19)13-18(26)22-11-2-12-29-17-9-5-15(21)6-10-17/h3-10H,2,11-13H2,1H3,(H,22,26)(H,24,28). The van der Waals surface area contributed by atoms with E-state index in [0.717, 1.165) is 28.4 Å². The molecule has 0 aliphatic heterocycles. The molecule has 3 rings (SSSR count). The molecule has 2 aromatic carbocycles. The van der Waals surface area contributed by atoms with Crippen molar-refractivity contribution < 1.29 is 13.9 Å². The second-order valence-electron chi connectivity index (χ2n) is 6.17. The number of halogens is 1. The summed E-state index contributed by atoms with van der Waals surface area (Å²) in [6.45, 7) is 0.637. The molecule has 0 unspecified atom stereocenters. The van der Waals surface area contributed by atoms with E-state index in [4.69, 9.17) is 17.0 Å². The van der Waals surface area contributed by atoms with E-state index in [1.807, 2.05) is 24.3 Å². The van der Waals surface area contributed by atoms with Crippen LogP contribution in [0, 0.1) is 10.6 Å². The van der Waals surface area contributed by atoms with Crippen LogP contribution in [-0.2, 0) is 11.3 Å². The molecule has 2 N–H and O–H groups in total. The van der Waals surface area contributed by atoms with Crippen molar-refractivity contribution in [3.05, 3.63) is 59.1 Å². The van der Waals surface area contributed by atoms with Crippen molar-refractivity contribution in [3.8, 4) is 17.1 Å². The van der Waals surface area contributed by atoms with Crippen LogP contribution in [0.25, 0.3) is 11.4 Å². The summed E-state index contributed by atoms with van der Waals surface area (Å²) in [5.74, 6) is 1.79. The van der Waals surface area contributed by atoms with Crippen LogP contribution >= 0.6 is 24.0 Å². The number of hydrogen-bond acceptors (Lipinski definition) is 5. The lowest BCUT2D eigenvalue weighted by molar-refractivity contribution is -0.121. The number of methoxy groups -OCH3 is 1. The minimum Gasteiger partial charge on any atom is -0.497 e. The number of aromatic amines is 1. The third-order valence-electron chi connectivity index (χ3n) is 4.13. The van der Waals surface area contributed by atoms with Gasteiger partial charge >= 0.3 is 0 Å². The van der Waals surface area contributed by atoms with Gasteiger partial charge in [-0.2, -0.15) is 5.10 Å². The normalized spacial score (nSPS) is 10.7.